The summed E-state index contributed by atoms with van der Waals surface area (Å²) in [5.74, 6) is 0.845. The second-order valence-corrected chi connectivity index (χ2v) is 3.87. The maximum atomic E-state index is 5.47. The summed E-state index contributed by atoms with van der Waals surface area (Å²) in [6.07, 6.45) is 10.2. The Balaban J connectivity index is 3.28. The molecule has 0 aliphatic rings. The second kappa shape index (κ2) is 10.2. The average Bonchev–Trinajstić information content (AvgIpc) is 2.16. The van der Waals surface area contributed by atoms with Crippen LogP contribution in [0.4, 0.5) is 0 Å². The normalized spacial score (nSPS) is 12.8. The number of rotatable bonds is 9. The Hall–Kier alpha value is 0.130. The predicted octanol–water partition coefficient (Wildman–Crippen LogP) is 3.86. The third kappa shape index (κ3) is 8.46. The quantitative estimate of drug-likeness (QED) is 0.370. The summed E-state index contributed by atoms with van der Waals surface area (Å²) in [6, 6.07) is 0. The number of hydrogen-bond donors (Lipinski definition) is 0. The lowest BCUT2D eigenvalue weighted by atomic mass is 9.63. The van der Waals surface area contributed by atoms with Crippen molar-refractivity contribution in [1.82, 2.24) is 0 Å². The van der Waals surface area contributed by atoms with Crippen molar-refractivity contribution in [3.8, 4) is 0 Å². The van der Waals surface area contributed by atoms with E-state index in [1.54, 1.807) is 0 Å². The smallest absolute Gasteiger partial charge is 0.0917 e. The largest absolute Gasteiger partial charge is 0.110 e. The molecule has 0 aromatic rings. The molecule has 0 aliphatic carbocycles. The van der Waals surface area contributed by atoms with Crippen molar-refractivity contribution >= 4 is 15.1 Å². The first-order valence-electron chi connectivity index (χ1n) is 5.84. The summed E-state index contributed by atoms with van der Waals surface area (Å²) >= 11 is 0. The summed E-state index contributed by atoms with van der Waals surface area (Å²) in [5.41, 5.74) is 0. The molecule has 0 saturated heterocycles. The first-order chi connectivity index (χ1) is 6.35. The summed E-state index contributed by atoms with van der Waals surface area (Å²) in [5, 5.41) is 0. The van der Waals surface area contributed by atoms with Crippen molar-refractivity contribution in [1.29, 1.82) is 0 Å². The molecule has 0 N–H and O–H groups in total. The van der Waals surface area contributed by atoms with Crippen LogP contribution in [-0.4, -0.2) is 15.1 Å². The van der Waals surface area contributed by atoms with Gasteiger partial charge in [0, 0.05) is 0 Å². The highest BCUT2D eigenvalue weighted by molar-refractivity contribution is 6.35. The van der Waals surface area contributed by atoms with Gasteiger partial charge in [0.1, 0.15) is 7.28 Å². The molecule has 0 nitrogen and oxygen atoms in total. The summed E-state index contributed by atoms with van der Waals surface area (Å²) in [7, 11) is 7.83. The van der Waals surface area contributed by atoms with Crippen molar-refractivity contribution in [3.63, 3.8) is 0 Å². The molecular weight excluding hydrogens is 154 g/mol. The third-order valence-corrected chi connectivity index (χ3v) is 2.68. The van der Waals surface area contributed by atoms with Gasteiger partial charge in [-0.05, 0) is 0 Å². The van der Waals surface area contributed by atoms with Crippen LogP contribution in [-0.2, 0) is 0 Å². The van der Waals surface area contributed by atoms with Crippen molar-refractivity contribution in [2.45, 2.75) is 70.8 Å². The molecular formula is C11H23B2. The molecule has 0 spiro atoms. The van der Waals surface area contributed by atoms with Gasteiger partial charge in [-0.3, -0.25) is 0 Å². The molecule has 2 heteroatoms. The molecule has 13 heavy (non-hydrogen) atoms. The molecule has 1 unspecified atom stereocenters. The Kier molecular flexibility index (Phi) is 10.3. The van der Waals surface area contributed by atoms with Gasteiger partial charge in [0.15, 0.2) is 0 Å². The fraction of sp³-hybridized carbons (Fsp3) is 1.00. The highest BCUT2D eigenvalue weighted by atomic mass is 14.0. The predicted molar refractivity (Wildman–Crippen MR) is 63.9 cm³/mol. The molecule has 73 valence electrons. The topological polar surface area (TPSA) is 0 Å². The first kappa shape index (κ1) is 13.1. The SMILES string of the molecule is [B]CCCCC([B]C)CCCCC. The highest BCUT2D eigenvalue weighted by Gasteiger charge is 2.05. The Morgan fingerprint density at radius 3 is 2.15 bits per heavy atom. The minimum Gasteiger partial charge on any atom is -0.0917 e. The van der Waals surface area contributed by atoms with Gasteiger partial charge in [-0.15, -0.1) is 0 Å². The molecule has 0 aromatic carbocycles. The number of hydrogen-bond acceptors (Lipinski definition) is 0. The monoisotopic (exact) mass is 177 g/mol. The van der Waals surface area contributed by atoms with Crippen LogP contribution in [0.2, 0.25) is 19.0 Å². The van der Waals surface area contributed by atoms with Crippen LogP contribution in [0.5, 0.6) is 0 Å². The maximum absolute atomic E-state index is 5.47. The zero-order valence-electron chi connectivity index (χ0n) is 9.39. The molecule has 0 fully saturated rings. The van der Waals surface area contributed by atoms with Gasteiger partial charge in [0.2, 0.25) is 0 Å². The van der Waals surface area contributed by atoms with Crippen LogP contribution in [0.3, 0.4) is 0 Å². The Morgan fingerprint density at radius 2 is 1.69 bits per heavy atom. The zero-order valence-corrected chi connectivity index (χ0v) is 9.39. The fourth-order valence-electron chi connectivity index (χ4n) is 1.69. The van der Waals surface area contributed by atoms with E-state index in [1.165, 1.54) is 44.9 Å². The summed E-state index contributed by atoms with van der Waals surface area (Å²) in [4.78, 5) is 0. The lowest BCUT2D eigenvalue weighted by Crippen LogP contribution is -2.00. The Morgan fingerprint density at radius 1 is 1.08 bits per heavy atom. The van der Waals surface area contributed by atoms with Gasteiger partial charge in [0.05, 0.1) is 7.85 Å². The first-order valence-corrected chi connectivity index (χ1v) is 5.84. The molecule has 0 rings (SSSR count). The van der Waals surface area contributed by atoms with Crippen molar-refractivity contribution in [2.24, 2.45) is 0 Å². The van der Waals surface area contributed by atoms with Crippen LogP contribution < -0.4 is 0 Å². The highest BCUT2D eigenvalue weighted by Crippen LogP contribution is 2.21. The van der Waals surface area contributed by atoms with E-state index in [4.69, 9.17) is 7.85 Å². The summed E-state index contributed by atoms with van der Waals surface area (Å²) < 4.78 is 0. The maximum Gasteiger partial charge on any atom is 0.110 e. The molecule has 0 amide bonds. The lowest BCUT2D eigenvalue weighted by molar-refractivity contribution is 0.581. The standard InChI is InChI=1S/C11H23B2/c1-3-4-5-8-11(13-2)9-6-7-10-12/h11H,3-10H2,1-2H3. The third-order valence-electron chi connectivity index (χ3n) is 2.68. The van der Waals surface area contributed by atoms with E-state index in [0.717, 1.165) is 12.1 Å². The molecule has 0 bridgehead atoms. The molecule has 0 saturated carbocycles. The molecule has 0 heterocycles. The van der Waals surface area contributed by atoms with E-state index >= 15 is 0 Å². The Bertz CT molecular complexity index is 84.1. The average molecular weight is 177 g/mol. The fourth-order valence-corrected chi connectivity index (χ4v) is 1.69. The zero-order chi connectivity index (χ0) is 9.94. The van der Waals surface area contributed by atoms with Gasteiger partial charge in [-0.1, -0.05) is 70.8 Å². The van der Waals surface area contributed by atoms with Gasteiger partial charge < -0.3 is 0 Å². The molecule has 0 aliphatic heterocycles. The molecule has 0 aromatic heterocycles. The lowest BCUT2D eigenvalue weighted by Gasteiger charge is -2.13. The van der Waals surface area contributed by atoms with E-state index in [1.807, 2.05) is 0 Å². The van der Waals surface area contributed by atoms with Gasteiger partial charge in [-0.2, -0.15) is 0 Å². The van der Waals surface area contributed by atoms with Gasteiger partial charge >= 0.3 is 0 Å². The van der Waals surface area contributed by atoms with Crippen molar-refractivity contribution in [2.75, 3.05) is 0 Å². The minimum atomic E-state index is 0.845. The van der Waals surface area contributed by atoms with Crippen LogP contribution in [0, 0.1) is 0 Å². The van der Waals surface area contributed by atoms with E-state index in [2.05, 4.69) is 21.0 Å². The van der Waals surface area contributed by atoms with Gasteiger partial charge in [0.25, 0.3) is 0 Å². The van der Waals surface area contributed by atoms with Crippen molar-refractivity contribution in [3.05, 3.63) is 0 Å². The Labute approximate surface area is 86.5 Å². The van der Waals surface area contributed by atoms with Crippen LogP contribution in [0.25, 0.3) is 0 Å². The number of unbranched alkanes of at least 4 members (excludes halogenated alkanes) is 3. The van der Waals surface area contributed by atoms with E-state index in [9.17, 15) is 0 Å². The van der Waals surface area contributed by atoms with Crippen LogP contribution >= 0.6 is 0 Å². The minimum absolute atomic E-state index is 0.845. The molecule has 3 radical (unpaired) electrons. The van der Waals surface area contributed by atoms with Crippen molar-refractivity contribution < 1.29 is 0 Å². The second-order valence-electron chi connectivity index (χ2n) is 3.87. The molecule has 1 atom stereocenters. The van der Waals surface area contributed by atoms with Crippen LogP contribution in [0.1, 0.15) is 51.9 Å². The van der Waals surface area contributed by atoms with E-state index in [-0.39, 0.29) is 0 Å². The van der Waals surface area contributed by atoms with Gasteiger partial charge in [-0.25, -0.2) is 0 Å². The van der Waals surface area contributed by atoms with E-state index < -0.39 is 0 Å². The van der Waals surface area contributed by atoms with E-state index in [0.29, 0.717) is 0 Å². The summed E-state index contributed by atoms with van der Waals surface area (Å²) in [6.45, 7) is 4.46. The van der Waals surface area contributed by atoms with Crippen LogP contribution in [0.15, 0.2) is 0 Å².